The molecule has 1 heterocycles. The molecule has 3 saturated carbocycles. The van der Waals surface area contributed by atoms with Gasteiger partial charge < -0.3 is 9.31 Å². The highest BCUT2D eigenvalue weighted by molar-refractivity contribution is 6.50. The zero-order chi connectivity index (χ0) is 16.3. The van der Waals surface area contributed by atoms with Gasteiger partial charge in [-0.25, -0.2) is 0 Å². The van der Waals surface area contributed by atoms with E-state index in [1.54, 1.807) is 0 Å². The molecule has 0 amide bonds. The molecule has 1 saturated heterocycles. The van der Waals surface area contributed by atoms with E-state index in [-0.39, 0.29) is 23.6 Å². The van der Waals surface area contributed by atoms with E-state index in [2.05, 4.69) is 58.0 Å². The minimum atomic E-state index is -0.204. The molecule has 1 aromatic rings. The maximum atomic E-state index is 6.45. The Kier molecular flexibility index (Phi) is 3.48. The average molecular weight is 312 g/mol. The summed E-state index contributed by atoms with van der Waals surface area (Å²) in [5, 5.41) is 0.282. The van der Waals surface area contributed by atoms with Crippen molar-refractivity contribution in [2.24, 2.45) is 11.8 Å². The molecule has 0 unspecified atom stereocenters. The first kappa shape index (κ1) is 15.7. The fraction of sp³-hybridized carbons (Fsp3) is 0.700. The van der Waals surface area contributed by atoms with Crippen LogP contribution in [0.15, 0.2) is 30.3 Å². The van der Waals surface area contributed by atoms with E-state index in [0.29, 0.717) is 0 Å². The third-order valence-electron chi connectivity index (χ3n) is 7.12. The molecule has 4 aliphatic rings. The number of rotatable bonds is 4. The van der Waals surface area contributed by atoms with Crippen molar-refractivity contribution in [3.8, 4) is 0 Å². The van der Waals surface area contributed by atoms with Gasteiger partial charge in [0.25, 0.3) is 0 Å². The summed E-state index contributed by atoms with van der Waals surface area (Å²) in [6.07, 6.45) is 6.44. The molecule has 1 aromatic carbocycles. The van der Waals surface area contributed by atoms with Crippen LogP contribution >= 0.6 is 0 Å². The van der Waals surface area contributed by atoms with Gasteiger partial charge in [-0.2, -0.15) is 0 Å². The van der Waals surface area contributed by atoms with Crippen molar-refractivity contribution in [2.75, 3.05) is 0 Å². The van der Waals surface area contributed by atoms with Crippen LogP contribution < -0.4 is 0 Å². The quantitative estimate of drug-likeness (QED) is 0.738. The maximum absolute atomic E-state index is 6.45. The van der Waals surface area contributed by atoms with Crippen LogP contribution in [0.25, 0.3) is 0 Å². The summed E-state index contributed by atoms with van der Waals surface area (Å²) in [7, 11) is -0.00739. The van der Waals surface area contributed by atoms with Crippen molar-refractivity contribution in [3.05, 3.63) is 35.9 Å². The first-order valence-corrected chi connectivity index (χ1v) is 9.22. The Labute approximate surface area is 141 Å². The first-order chi connectivity index (χ1) is 10.8. The van der Waals surface area contributed by atoms with Crippen molar-refractivity contribution < 1.29 is 9.31 Å². The highest BCUT2D eigenvalue weighted by Gasteiger charge is 2.69. The van der Waals surface area contributed by atoms with E-state index in [1.165, 1.54) is 37.7 Å². The largest absolute Gasteiger partial charge is 0.464 e. The number of hydrogen-bond donors (Lipinski definition) is 0. The highest BCUT2D eigenvalue weighted by Crippen LogP contribution is 2.72. The summed E-state index contributed by atoms with van der Waals surface area (Å²) < 4.78 is 12.9. The van der Waals surface area contributed by atoms with Gasteiger partial charge in [0.15, 0.2) is 0 Å². The van der Waals surface area contributed by atoms with Gasteiger partial charge in [0.1, 0.15) is 0 Å². The fourth-order valence-corrected chi connectivity index (χ4v) is 5.01. The van der Waals surface area contributed by atoms with Crippen molar-refractivity contribution in [2.45, 2.75) is 76.3 Å². The molecule has 1 aliphatic heterocycles. The van der Waals surface area contributed by atoms with Crippen LogP contribution in [0, 0.1) is 11.8 Å². The van der Waals surface area contributed by atoms with Gasteiger partial charge in [-0.3, -0.25) is 0 Å². The summed E-state index contributed by atoms with van der Waals surface area (Å²) in [5.41, 5.74) is 1.05. The Bertz CT molecular complexity index is 559. The van der Waals surface area contributed by atoms with Gasteiger partial charge in [-0.05, 0) is 77.2 Å². The predicted molar refractivity (Wildman–Crippen MR) is 94.4 cm³/mol. The van der Waals surface area contributed by atoms with Gasteiger partial charge in [0.05, 0.1) is 11.2 Å². The number of fused-ring (bicyclic) bond motifs is 1. The van der Waals surface area contributed by atoms with Crippen LogP contribution in [-0.2, 0) is 15.7 Å². The van der Waals surface area contributed by atoms with Crippen molar-refractivity contribution in [1.29, 1.82) is 0 Å². The fourth-order valence-electron chi connectivity index (χ4n) is 5.01. The van der Waals surface area contributed by atoms with Crippen LogP contribution in [0.1, 0.15) is 58.9 Å². The van der Waals surface area contributed by atoms with E-state index < -0.39 is 0 Å². The third kappa shape index (κ3) is 2.39. The van der Waals surface area contributed by atoms with Crippen molar-refractivity contribution in [1.82, 2.24) is 0 Å². The van der Waals surface area contributed by atoms with Gasteiger partial charge in [-0.15, -0.1) is 0 Å². The summed E-state index contributed by atoms with van der Waals surface area (Å²) in [6.45, 7) is 8.70. The molecule has 2 bridgehead atoms. The van der Waals surface area contributed by atoms with Crippen LogP contribution in [-0.4, -0.2) is 18.3 Å². The minimum absolute atomic E-state index is 0.00739. The number of hydrogen-bond acceptors (Lipinski definition) is 2. The molecule has 124 valence electrons. The zero-order valence-electron chi connectivity index (χ0n) is 15.0. The number of aryl methyl sites for hydroxylation is 1. The highest BCUT2D eigenvalue weighted by atomic mass is 16.7. The molecule has 1 atom stereocenters. The summed E-state index contributed by atoms with van der Waals surface area (Å²) in [4.78, 5) is 0. The SMILES string of the molecule is CC1(C)OB(C23CC(C[C@H]2CCc2ccccc2)C3)OC1(C)C. The molecule has 0 radical (unpaired) electrons. The van der Waals surface area contributed by atoms with Gasteiger partial charge in [0, 0.05) is 5.31 Å². The Balaban J connectivity index is 1.48. The molecule has 0 aromatic heterocycles. The van der Waals surface area contributed by atoms with E-state index in [9.17, 15) is 0 Å². The molecule has 23 heavy (non-hydrogen) atoms. The monoisotopic (exact) mass is 312 g/mol. The minimum Gasteiger partial charge on any atom is -0.403 e. The normalized spacial score (nSPS) is 37.0. The second-order valence-corrected chi connectivity index (χ2v) is 9.05. The molecule has 4 fully saturated rings. The Morgan fingerprint density at radius 3 is 2.22 bits per heavy atom. The third-order valence-corrected chi connectivity index (χ3v) is 7.12. The summed E-state index contributed by atoms with van der Waals surface area (Å²) in [6, 6.07) is 10.9. The summed E-state index contributed by atoms with van der Waals surface area (Å²) in [5.74, 6) is 1.66. The lowest BCUT2D eigenvalue weighted by Gasteiger charge is -2.43. The lowest BCUT2D eigenvalue weighted by molar-refractivity contribution is 0.00578. The second-order valence-electron chi connectivity index (χ2n) is 9.05. The van der Waals surface area contributed by atoms with E-state index in [1.807, 2.05) is 0 Å². The van der Waals surface area contributed by atoms with Gasteiger partial charge in [0.2, 0.25) is 0 Å². The van der Waals surface area contributed by atoms with Crippen LogP contribution in [0.4, 0.5) is 0 Å². The van der Waals surface area contributed by atoms with Crippen molar-refractivity contribution >= 4 is 7.12 Å². The second kappa shape index (κ2) is 5.10. The molecule has 0 N–H and O–H groups in total. The van der Waals surface area contributed by atoms with Crippen LogP contribution in [0.5, 0.6) is 0 Å². The molecule has 2 nitrogen and oxygen atoms in total. The Morgan fingerprint density at radius 1 is 1.00 bits per heavy atom. The molecular weight excluding hydrogens is 283 g/mol. The maximum Gasteiger partial charge on any atom is 0.464 e. The van der Waals surface area contributed by atoms with E-state index in [4.69, 9.17) is 9.31 Å². The van der Waals surface area contributed by atoms with Crippen LogP contribution in [0.3, 0.4) is 0 Å². The predicted octanol–water partition coefficient (Wildman–Crippen LogP) is 4.88. The van der Waals surface area contributed by atoms with Crippen LogP contribution in [0.2, 0.25) is 5.31 Å². The Morgan fingerprint density at radius 2 is 1.61 bits per heavy atom. The average Bonchev–Trinajstić information content (AvgIpc) is 3.05. The number of benzene rings is 1. The lowest BCUT2D eigenvalue weighted by Crippen LogP contribution is -2.43. The topological polar surface area (TPSA) is 18.5 Å². The van der Waals surface area contributed by atoms with Crippen molar-refractivity contribution in [3.63, 3.8) is 0 Å². The zero-order valence-corrected chi connectivity index (χ0v) is 15.0. The standard InChI is InChI=1S/C20H29BO2/c1-18(2)19(3,4)23-21(22-18)20-13-16(14-20)12-17(20)11-10-15-8-6-5-7-9-15/h5-9,16-17H,10-14H2,1-4H3/t16?,17-,20?/m1/s1. The molecule has 3 aliphatic carbocycles. The molecule has 0 spiro atoms. The molecular formula is C20H29BO2. The molecule has 5 rings (SSSR count). The molecule has 3 heteroatoms. The summed E-state index contributed by atoms with van der Waals surface area (Å²) >= 11 is 0. The Hall–Kier alpha value is -0.795. The van der Waals surface area contributed by atoms with E-state index in [0.717, 1.165) is 11.8 Å². The van der Waals surface area contributed by atoms with Gasteiger partial charge in [-0.1, -0.05) is 30.3 Å². The smallest absolute Gasteiger partial charge is 0.403 e. The first-order valence-electron chi connectivity index (χ1n) is 9.22. The lowest BCUT2D eigenvalue weighted by atomic mass is 9.45. The van der Waals surface area contributed by atoms with Gasteiger partial charge >= 0.3 is 7.12 Å². The van der Waals surface area contributed by atoms with E-state index >= 15 is 0 Å².